The molecule has 20 heavy (non-hydrogen) atoms. The van der Waals surface area contributed by atoms with Crippen molar-refractivity contribution < 1.29 is 17.7 Å². The Balaban J connectivity index is 2.34. The maximum absolute atomic E-state index is 13.5. The number of halogens is 1. The summed E-state index contributed by atoms with van der Waals surface area (Å²) in [6.45, 7) is 0.750. The van der Waals surface area contributed by atoms with Crippen LogP contribution < -0.4 is 0 Å². The summed E-state index contributed by atoms with van der Waals surface area (Å²) in [5.41, 5.74) is -0.727. The van der Waals surface area contributed by atoms with Crippen LogP contribution in [0, 0.1) is 15.9 Å². The van der Waals surface area contributed by atoms with E-state index in [2.05, 4.69) is 0 Å². The molecule has 0 bridgehead atoms. The van der Waals surface area contributed by atoms with Crippen LogP contribution in [0.5, 0.6) is 0 Å². The molecule has 1 heterocycles. The van der Waals surface area contributed by atoms with E-state index in [9.17, 15) is 22.9 Å². The van der Waals surface area contributed by atoms with Crippen molar-refractivity contribution in [3.63, 3.8) is 0 Å². The topological polar surface area (TPSA) is 80.5 Å². The van der Waals surface area contributed by atoms with Crippen molar-refractivity contribution in [3.8, 4) is 0 Å². The third-order valence-corrected chi connectivity index (χ3v) is 5.88. The summed E-state index contributed by atoms with van der Waals surface area (Å²) in [5, 5.41) is 10.5. The lowest BCUT2D eigenvalue weighted by Crippen LogP contribution is -2.33. The van der Waals surface area contributed by atoms with E-state index in [0.717, 1.165) is 24.3 Å². The first-order valence-electron chi connectivity index (χ1n) is 5.95. The van der Waals surface area contributed by atoms with E-state index in [-0.39, 0.29) is 4.90 Å². The summed E-state index contributed by atoms with van der Waals surface area (Å²) in [4.78, 5) is 9.41. The first kappa shape index (κ1) is 15.2. The predicted octanol–water partition coefficient (Wildman–Crippen LogP) is 1.86. The van der Waals surface area contributed by atoms with Gasteiger partial charge in [-0.25, -0.2) is 8.42 Å². The van der Waals surface area contributed by atoms with Crippen LogP contribution in [0.4, 0.5) is 10.1 Å². The lowest BCUT2D eigenvalue weighted by Gasteiger charge is -2.19. The van der Waals surface area contributed by atoms with Crippen LogP contribution in [0.1, 0.15) is 6.42 Å². The van der Waals surface area contributed by atoms with Crippen molar-refractivity contribution in [1.82, 2.24) is 4.31 Å². The minimum absolute atomic E-state index is 0.243. The van der Waals surface area contributed by atoms with Crippen molar-refractivity contribution >= 4 is 27.5 Å². The van der Waals surface area contributed by atoms with Crippen molar-refractivity contribution in [1.29, 1.82) is 0 Å². The highest BCUT2D eigenvalue weighted by atomic mass is 32.2. The molecule has 1 saturated heterocycles. The molecule has 0 atom stereocenters. The van der Waals surface area contributed by atoms with Gasteiger partial charge in [0.1, 0.15) is 0 Å². The number of nitro groups is 1. The summed E-state index contributed by atoms with van der Waals surface area (Å²) in [7, 11) is -3.79. The fourth-order valence-corrected chi connectivity index (χ4v) is 4.40. The molecule has 0 aromatic heterocycles. The molecule has 1 fully saturated rings. The number of hydrogen-bond donors (Lipinski definition) is 0. The van der Waals surface area contributed by atoms with Crippen molar-refractivity contribution in [2.75, 3.05) is 24.6 Å². The van der Waals surface area contributed by atoms with Gasteiger partial charge in [0.05, 0.1) is 9.82 Å². The van der Waals surface area contributed by atoms with Crippen LogP contribution >= 0.6 is 11.8 Å². The second kappa shape index (κ2) is 6.06. The Morgan fingerprint density at radius 2 is 2.05 bits per heavy atom. The molecular formula is C11H13FN2O4S2. The van der Waals surface area contributed by atoms with Gasteiger partial charge >= 0.3 is 5.69 Å². The van der Waals surface area contributed by atoms with Gasteiger partial charge in [0, 0.05) is 31.0 Å². The zero-order valence-electron chi connectivity index (χ0n) is 10.5. The highest BCUT2D eigenvalue weighted by Gasteiger charge is 2.27. The Bertz CT molecular complexity index is 613. The number of nitrogens with zero attached hydrogens (tertiary/aromatic N) is 2. The Kier molecular flexibility index (Phi) is 4.61. The molecule has 1 aromatic carbocycles. The molecule has 110 valence electrons. The summed E-state index contributed by atoms with van der Waals surface area (Å²) in [5.74, 6) is 0.440. The van der Waals surface area contributed by atoms with Gasteiger partial charge in [-0.15, -0.1) is 0 Å². The van der Waals surface area contributed by atoms with E-state index in [1.807, 2.05) is 0 Å². The quantitative estimate of drug-likeness (QED) is 0.627. The Hall–Kier alpha value is -1.19. The summed E-state index contributed by atoms with van der Waals surface area (Å²) < 4.78 is 39.6. The van der Waals surface area contributed by atoms with E-state index in [4.69, 9.17) is 0 Å². The molecule has 0 spiro atoms. The maximum atomic E-state index is 13.5. The zero-order valence-corrected chi connectivity index (χ0v) is 12.1. The number of nitro benzene ring substituents is 1. The Morgan fingerprint density at radius 3 is 2.70 bits per heavy atom. The highest BCUT2D eigenvalue weighted by Crippen LogP contribution is 2.24. The third kappa shape index (κ3) is 3.10. The van der Waals surface area contributed by atoms with Gasteiger partial charge in [0.15, 0.2) is 0 Å². The summed E-state index contributed by atoms with van der Waals surface area (Å²) in [6, 6.07) is 2.68. The Morgan fingerprint density at radius 1 is 1.30 bits per heavy atom. The normalized spacial score (nSPS) is 17.6. The van der Waals surface area contributed by atoms with Gasteiger partial charge in [-0.2, -0.15) is 20.5 Å². The minimum Gasteiger partial charge on any atom is -0.258 e. The average molecular weight is 320 g/mol. The first-order chi connectivity index (χ1) is 9.43. The zero-order chi connectivity index (χ0) is 14.8. The molecule has 1 aliphatic rings. The molecule has 1 aliphatic heterocycles. The van der Waals surface area contributed by atoms with Gasteiger partial charge in [-0.1, -0.05) is 0 Å². The predicted molar refractivity (Wildman–Crippen MR) is 73.8 cm³/mol. The SMILES string of the molecule is O=[N+]([O-])c1ccc(S(=O)(=O)N2CCCSCC2)cc1F. The summed E-state index contributed by atoms with van der Waals surface area (Å²) in [6.07, 6.45) is 0.735. The van der Waals surface area contributed by atoms with Crippen LogP contribution in [0.25, 0.3) is 0 Å². The second-order valence-corrected chi connectivity index (χ2v) is 7.40. The lowest BCUT2D eigenvalue weighted by molar-refractivity contribution is -0.387. The molecule has 0 amide bonds. The largest absolute Gasteiger partial charge is 0.304 e. The molecule has 0 radical (unpaired) electrons. The molecule has 0 N–H and O–H groups in total. The number of sulfonamides is 1. The molecule has 0 aliphatic carbocycles. The fourth-order valence-electron chi connectivity index (χ4n) is 1.91. The van der Waals surface area contributed by atoms with Gasteiger partial charge < -0.3 is 0 Å². The average Bonchev–Trinajstić information content (AvgIpc) is 2.67. The van der Waals surface area contributed by atoms with Crippen LogP contribution in [0.3, 0.4) is 0 Å². The monoisotopic (exact) mass is 320 g/mol. The van der Waals surface area contributed by atoms with Crippen molar-refractivity contribution in [2.24, 2.45) is 0 Å². The van der Waals surface area contributed by atoms with Crippen LogP contribution in [-0.4, -0.2) is 42.2 Å². The van der Waals surface area contributed by atoms with Gasteiger partial charge in [-0.3, -0.25) is 10.1 Å². The van der Waals surface area contributed by atoms with E-state index in [1.54, 1.807) is 11.8 Å². The number of rotatable bonds is 3. The minimum atomic E-state index is -3.79. The van der Waals surface area contributed by atoms with Gasteiger partial charge in [0.2, 0.25) is 15.8 Å². The van der Waals surface area contributed by atoms with E-state index in [1.165, 1.54) is 4.31 Å². The van der Waals surface area contributed by atoms with Crippen LogP contribution in [0.2, 0.25) is 0 Å². The van der Waals surface area contributed by atoms with E-state index >= 15 is 0 Å². The third-order valence-electron chi connectivity index (χ3n) is 2.93. The first-order valence-corrected chi connectivity index (χ1v) is 8.54. The number of benzene rings is 1. The van der Waals surface area contributed by atoms with E-state index in [0.29, 0.717) is 24.9 Å². The van der Waals surface area contributed by atoms with Crippen molar-refractivity contribution in [2.45, 2.75) is 11.3 Å². The maximum Gasteiger partial charge on any atom is 0.304 e. The number of thioether (sulfide) groups is 1. The second-order valence-electron chi connectivity index (χ2n) is 4.24. The molecule has 0 saturated carbocycles. The molecule has 0 unspecified atom stereocenters. The molecule has 2 rings (SSSR count). The highest BCUT2D eigenvalue weighted by molar-refractivity contribution is 7.99. The molecule has 1 aromatic rings. The van der Waals surface area contributed by atoms with Crippen LogP contribution in [0.15, 0.2) is 23.1 Å². The molecular weight excluding hydrogens is 307 g/mol. The molecule has 6 nitrogen and oxygen atoms in total. The van der Waals surface area contributed by atoms with Crippen molar-refractivity contribution in [3.05, 3.63) is 34.1 Å². The lowest BCUT2D eigenvalue weighted by atomic mass is 10.3. The molecule has 9 heteroatoms. The standard InChI is InChI=1S/C11H13FN2O4S2/c12-10-8-9(2-3-11(10)14(15)16)20(17,18)13-4-1-6-19-7-5-13/h2-3,8H,1,4-7H2. The fraction of sp³-hybridized carbons (Fsp3) is 0.455. The smallest absolute Gasteiger partial charge is 0.258 e. The van der Waals surface area contributed by atoms with Gasteiger partial charge in [0.25, 0.3) is 0 Å². The summed E-state index contributed by atoms with van der Waals surface area (Å²) >= 11 is 1.67. The number of hydrogen-bond acceptors (Lipinski definition) is 5. The van der Waals surface area contributed by atoms with Crippen LogP contribution in [-0.2, 0) is 10.0 Å². The van der Waals surface area contributed by atoms with E-state index < -0.39 is 26.5 Å². The Labute approximate surface area is 120 Å². The van der Waals surface area contributed by atoms with Gasteiger partial charge in [-0.05, 0) is 18.2 Å².